The van der Waals surface area contributed by atoms with Gasteiger partial charge in [0.2, 0.25) is 0 Å². The fourth-order valence-corrected chi connectivity index (χ4v) is 1.64. The Morgan fingerprint density at radius 2 is 2.16 bits per heavy atom. The first-order valence-corrected chi connectivity index (χ1v) is 5.75. The van der Waals surface area contributed by atoms with E-state index in [9.17, 15) is 9.18 Å². The summed E-state index contributed by atoms with van der Waals surface area (Å²) in [4.78, 5) is 15.8. The summed E-state index contributed by atoms with van der Waals surface area (Å²) < 4.78 is 18.2. The van der Waals surface area contributed by atoms with Crippen molar-refractivity contribution in [2.75, 3.05) is 12.4 Å². The molecule has 1 N–H and O–H groups in total. The van der Waals surface area contributed by atoms with Crippen LogP contribution in [-0.4, -0.2) is 18.0 Å². The largest absolute Gasteiger partial charge is 0.494 e. The van der Waals surface area contributed by atoms with E-state index in [-0.39, 0.29) is 16.5 Å². The third-order valence-corrected chi connectivity index (χ3v) is 2.58. The normalized spacial score (nSPS) is 10.1. The minimum Gasteiger partial charge on any atom is -0.494 e. The highest BCUT2D eigenvalue weighted by Gasteiger charge is 2.10. The molecule has 0 aliphatic carbocycles. The van der Waals surface area contributed by atoms with Gasteiger partial charge in [-0.15, -0.1) is 0 Å². The lowest BCUT2D eigenvalue weighted by molar-refractivity contribution is 0.102. The van der Waals surface area contributed by atoms with Gasteiger partial charge in [-0.2, -0.15) is 0 Å². The van der Waals surface area contributed by atoms with Crippen molar-refractivity contribution < 1.29 is 13.9 Å². The van der Waals surface area contributed by atoms with Crippen LogP contribution in [0.2, 0.25) is 5.15 Å². The molecule has 1 aromatic heterocycles. The summed E-state index contributed by atoms with van der Waals surface area (Å²) >= 11 is 5.70. The number of carbonyl (C=O) groups is 1. The number of halogens is 2. The Labute approximate surface area is 114 Å². The second kappa shape index (κ2) is 5.67. The van der Waals surface area contributed by atoms with Crippen LogP contribution in [0, 0.1) is 5.82 Å². The van der Waals surface area contributed by atoms with Gasteiger partial charge < -0.3 is 10.1 Å². The second-order valence-corrected chi connectivity index (χ2v) is 4.04. The molecule has 2 aromatic rings. The minimum absolute atomic E-state index is 0.0810. The number of benzene rings is 1. The molecule has 0 fully saturated rings. The van der Waals surface area contributed by atoms with E-state index in [2.05, 4.69) is 10.3 Å². The van der Waals surface area contributed by atoms with Crippen molar-refractivity contribution in [3.05, 3.63) is 52.9 Å². The van der Waals surface area contributed by atoms with Crippen LogP contribution in [0.25, 0.3) is 0 Å². The molecular formula is C13H10ClFN2O2. The Balaban J connectivity index is 2.18. The molecule has 2 rings (SSSR count). The van der Waals surface area contributed by atoms with Gasteiger partial charge in [0.25, 0.3) is 5.91 Å². The summed E-state index contributed by atoms with van der Waals surface area (Å²) in [7, 11) is 1.36. The summed E-state index contributed by atoms with van der Waals surface area (Å²) in [5.41, 5.74) is 0.167. The molecule has 0 aliphatic rings. The average Bonchev–Trinajstić information content (AvgIpc) is 2.38. The van der Waals surface area contributed by atoms with Crippen molar-refractivity contribution in [2.45, 2.75) is 0 Å². The van der Waals surface area contributed by atoms with Crippen molar-refractivity contribution in [3.63, 3.8) is 0 Å². The Bertz CT molecular complexity index is 619. The van der Waals surface area contributed by atoms with Crippen LogP contribution in [0.5, 0.6) is 5.75 Å². The Hall–Kier alpha value is -2.14. The van der Waals surface area contributed by atoms with E-state index in [1.54, 1.807) is 18.2 Å². The zero-order chi connectivity index (χ0) is 13.8. The van der Waals surface area contributed by atoms with Crippen molar-refractivity contribution in [3.8, 4) is 5.75 Å². The number of carbonyl (C=O) groups excluding carboxylic acids is 1. The van der Waals surface area contributed by atoms with Crippen LogP contribution < -0.4 is 10.1 Å². The van der Waals surface area contributed by atoms with Gasteiger partial charge in [0.15, 0.2) is 11.6 Å². The predicted octanol–water partition coefficient (Wildman–Crippen LogP) is 3.14. The van der Waals surface area contributed by atoms with Crippen LogP contribution in [0.3, 0.4) is 0 Å². The van der Waals surface area contributed by atoms with Crippen LogP contribution >= 0.6 is 11.6 Å². The molecule has 0 spiro atoms. The van der Waals surface area contributed by atoms with Crippen LogP contribution in [0.4, 0.5) is 10.2 Å². The summed E-state index contributed by atoms with van der Waals surface area (Å²) in [6, 6.07) is 8.77. The van der Waals surface area contributed by atoms with E-state index in [0.717, 1.165) is 6.07 Å². The molecule has 0 saturated heterocycles. The maximum absolute atomic E-state index is 13.5. The highest BCUT2D eigenvalue weighted by atomic mass is 35.5. The number of ether oxygens (including phenoxy) is 1. The van der Waals surface area contributed by atoms with Gasteiger partial charge in [0.1, 0.15) is 11.0 Å². The summed E-state index contributed by atoms with van der Waals surface area (Å²) in [5.74, 6) is -0.698. The smallest absolute Gasteiger partial charge is 0.256 e. The van der Waals surface area contributed by atoms with Crippen molar-refractivity contribution in [1.29, 1.82) is 0 Å². The fraction of sp³-hybridized carbons (Fsp3) is 0.0769. The van der Waals surface area contributed by atoms with E-state index < -0.39 is 11.7 Å². The molecule has 1 heterocycles. The number of rotatable bonds is 3. The molecule has 19 heavy (non-hydrogen) atoms. The summed E-state index contributed by atoms with van der Waals surface area (Å²) in [6.07, 6.45) is 0. The second-order valence-electron chi connectivity index (χ2n) is 3.65. The van der Waals surface area contributed by atoms with Crippen molar-refractivity contribution in [1.82, 2.24) is 4.98 Å². The lowest BCUT2D eigenvalue weighted by atomic mass is 10.2. The third kappa shape index (κ3) is 3.20. The predicted molar refractivity (Wildman–Crippen MR) is 70.2 cm³/mol. The summed E-state index contributed by atoms with van der Waals surface area (Å²) in [6.45, 7) is 0. The first-order chi connectivity index (χ1) is 9.10. The van der Waals surface area contributed by atoms with E-state index in [1.807, 2.05) is 0 Å². The molecular weight excluding hydrogens is 271 g/mol. The zero-order valence-corrected chi connectivity index (χ0v) is 10.7. The number of aromatic nitrogens is 1. The Kier molecular flexibility index (Phi) is 3.97. The molecule has 0 radical (unpaired) electrons. The lowest BCUT2D eigenvalue weighted by Gasteiger charge is -2.06. The number of nitrogens with zero attached hydrogens (tertiary/aromatic N) is 1. The van der Waals surface area contributed by atoms with Crippen LogP contribution in [0.1, 0.15) is 10.4 Å². The van der Waals surface area contributed by atoms with Gasteiger partial charge in [0.05, 0.1) is 7.11 Å². The van der Waals surface area contributed by atoms with E-state index in [0.29, 0.717) is 5.82 Å². The van der Waals surface area contributed by atoms with Gasteiger partial charge in [-0.25, -0.2) is 9.37 Å². The molecule has 1 aromatic carbocycles. The van der Waals surface area contributed by atoms with Crippen LogP contribution in [-0.2, 0) is 0 Å². The van der Waals surface area contributed by atoms with Gasteiger partial charge in [-0.1, -0.05) is 17.7 Å². The van der Waals surface area contributed by atoms with E-state index >= 15 is 0 Å². The summed E-state index contributed by atoms with van der Waals surface area (Å²) in [5, 5.41) is 2.78. The SMILES string of the molecule is COc1ccc(C(=O)Nc2cccc(Cl)n2)cc1F. The quantitative estimate of drug-likeness (QED) is 0.879. The number of hydrogen-bond acceptors (Lipinski definition) is 3. The monoisotopic (exact) mass is 280 g/mol. The Morgan fingerprint density at radius 3 is 2.79 bits per heavy atom. The number of anilines is 1. The van der Waals surface area contributed by atoms with Crippen molar-refractivity contribution in [2.24, 2.45) is 0 Å². The fourth-order valence-electron chi connectivity index (χ4n) is 1.47. The van der Waals surface area contributed by atoms with Gasteiger partial charge in [0, 0.05) is 5.56 Å². The molecule has 98 valence electrons. The minimum atomic E-state index is -0.603. The maximum atomic E-state index is 13.5. The van der Waals surface area contributed by atoms with Gasteiger partial charge in [-0.3, -0.25) is 4.79 Å². The number of amides is 1. The molecule has 4 nitrogen and oxygen atoms in total. The topological polar surface area (TPSA) is 51.2 Å². The number of hydrogen-bond donors (Lipinski definition) is 1. The van der Waals surface area contributed by atoms with E-state index in [4.69, 9.17) is 16.3 Å². The highest BCUT2D eigenvalue weighted by molar-refractivity contribution is 6.29. The average molecular weight is 281 g/mol. The van der Waals surface area contributed by atoms with E-state index in [1.165, 1.54) is 19.2 Å². The van der Waals surface area contributed by atoms with Crippen LogP contribution in [0.15, 0.2) is 36.4 Å². The Morgan fingerprint density at radius 1 is 1.37 bits per heavy atom. The maximum Gasteiger partial charge on any atom is 0.256 e. The molecule has 0 saturated carbocycles. The van der Waals surface area contributed by atoms with Crippen molar-refractivity contribution >= 4 is 23.3 Å². The standard InChI is InChI=1S/C13H10ClFN2O2/c1-19-10-6-5-8(7-9(10)15)13(18)17-12-4-2-3-11(14)16-12/h2-7H,1H3,(H,16,17,18). The molecule has 0 bridgehead atoms. The molecule has 1 amide bonds. The molecule has 0 atom stereocenters. The number of methoxy groups -OCH3 is 1. The number of pyridine rings is 1. The van der Waals surface area contributed by atoms with Gasteiger partial charge >= 0.3 is 0 Å². The highest BCUT2D eigenvalue weighted by Crippen LogP contribution is 2.18. The first kappa shape index (κ1) is 13.3. The zero-order valence-electron chi connectivity index (χ0n) is 9.98. The first-order valence-electron chi connectivity index (χ1n) is 5.37. The van der Waals surface area contributed by atoms with Gasteiger partial charge in [-0.05, 0) is 30.3 Å². The lowest BCUT2D eigenvalue weighted by Crippen LogP contribution is -2.13. The molecule has 6 heteroatoms. The number of nitrogens with one attached hydrogen (secondary N) is 1. The third-order valence-electron chi connectivity index (χ3n) is 2.37. The molecule has 0 aliphatic heterocycles. The molecule has 0 unspecified atom stereocenters.